The first-order valence-corrected chi connectivity index (χ1v) is 7.04. The Hall–Kier alpha value is -1.91. The number of hydrogen-bond acceptors (Lipinski definition) is 4. The molecule has 1 aliphatic carbocycles. The summed E-state index contributed by atoms with van der Waals surface area (Å²) in [5.41, 5.74) is 1.08. The lowest BCUT2D eigenvalue weighted by Gasteiger charge is -2.21. The van der Waals surface area contributed by atoms with Gasteiger partial charge in [0.1, 0.15) is 6.54 Å². The smallest absolute Gasteiger partial charge is 0.325 e. The van der Waals surface area contributed by atoms with Gasteiger partial charge in [-0.3, -0.25) is 14.6 Å². The second-order valence-corrected chi connectivity index (χ2v) is 4.91. The molecule has 0 spiro atoms. The van der Waals surface area contributed by atoms with Gasteiger partial charge in [-0.2, -0.15) is 0 Å². The lowest BCUT2D eigenvalue weighted by Crippen LogP contribution is -2.38. The van der Waals surface area contributed by atoms with E-state index in [1.54, 1.807) is 24.2 Å². The van der Waals surface area contributed by atoms with Gasteiger partial charge in [0.15, 0.2) is 0 Å². The minimum atomic E-state index is -0.323. The molecule has 1 fully saturated rings. The van der Waals surface area contributed by atoms with Gasteiger partial charge in [0.05, 0.1) is 6.61 Å². The van der Waals surface area contributed by atoms with E-state index in [2.05, 4.69) is 4.98 Å². The Morgan fingerprint density at radius 1 is 1.35 bits per heavy atom. The van der Waals surface area contributed by atoms with Crippen LogP contribution in [0.3, 0.4) is 0 Å². The van der Waals surface area contributed by atoms with Crippen LogP contribution in [0, 0.1) is 0 Å². The molecule has 0 atom stereocenters. The lowest BCUT2D eigenvalue weighted by molar-refractivity contribution is -0.149. The predicted octanol–water partition coefficient (Wildman–Crippen LogP) is 1.57. The van der Waals surface area contributed by atoms with Gasteiger partial charge in [0.2, 0.25) is 5.91 Å². The van der Waals surface area contributed by atoms with Crippen molar-refractivity contribution in [2.24, 2.45) is 0 Å². The van der Waals surface area contributed by atoms with Gasteiger partial charge in [-0.1, -0.05) is 0 Å². The Morgan fingerprint density at radius 2 is 2.05 bits per heavy atom. The largest absolute Gasteiger partial charge is 0.465 e. The molecule has 1 aliphatic rings. The maximum absolute atomic E-state index is 12.2. The van der Waals surface area contributed by atoms with Crippen molar-refractivity contribution < 1.29 is 14.3 Å². The Labute approximate surface area is 118 Å². The highest BCUT2D eigenvalue weighted by Gasteiger charge is 2.33. The molecule has 1 aromatic rings. The fourth-order valence-corrected chi connectivity index (χ4v) is 2.10. The standard InChI is InChI=1S/C15H20N2O3/c1-2-20-15(19)11-17(13-4-5-13)14(18)6-3-12-7-9-16-10-8-12/h7-10,13H,2-6,11H2,1H3. The molecule has 0 N–H and O–H groups in total. The first-order valence-electron chi connectivity index (χ1n) is 7.04. The van der Waals surface area contributed by atoms with Crippen LogP contribution in [0.5, 0.6) is 0 Å². The zero-order valence-electron chi connectivity index (χ0n) is 11.7. The summed E-state index contributed by atoms with van der Waals surface area (Å²) in [6, 6.07) is 4.03. The summed E-state index contributed by atoms with van der Waals surface area (Å²) in [5.74, 6) is -0.297. The molecular weight excluding hydrogens is 256 g/mol. The van der Waals surface area contributed by atoms with Crippen LogP contribution in [0.1, 0.15) is 31.7 Å². The number of rotatable bonds is 7. The summed E-state index contributed by atoms with van der Waals surface area (Å²) in [6.07, 6.45) is 6.50. The van der Waals surface area contributed by atoms with Crippen LogP contribution in [0.25, 0.3) is 0 Å². The van der Waals surface area contributed by atoms with Gasteiger partial charge < -0.3 is 9.64 Å². The Kier molecular flexibility index (Phi) is 5.09. The fraction of sp³-hybridized carbons (Fsp3) is 0.533. The number of esters is 1. The van der Waals surface area contributed by atoms with Crippen LogP contribution in [0.2, 0.25) is 0 Å². The predicted molar refractivity (Wildman–Crippen MR) is 73.9 cm³/mol. The van der Waals surface area contributed by atoms with Gasteiger partial charge in [-0.05, 0) is 43.9 Å². The van der Waals surface area contributed by atoms with Gasteiger partial charge in [-0.25, -0.2) is 0 Å². The van der Waals surface area contributed by atoms with Crippen LogP contribution in [-0.4, -0.2) is 41.0 Å². The van der Waals surface area contributed by atoms with Crippen LogP contribution in [0.15, 0.2) is 24.5 Å². The Bertz CT molecular complexity index is 457. The number of amides is 1. The molecule has 20 heavy (non-hydrogen) atoms. The summed E-state index contributed by atoms with van der Waals surface area (Å²) >= 11 is 0. The third-order valence-corrected chi connectivity index (χ3v) is 3.29. The van der Waals surface area contributed by atoms with Crippen LogP contribution in [-0.2, 0) is 20.7 Å². The third-order valence-electron chi connectivity index (χ3n) is 3.29. The summed E-state index contributed by atoms with van der Waals surface area (Å²) in [4.78, 5) is 29.4. The molecule has 0 aromatic carbocycles. The van der Waals surface area contributed by atoms with E-state index in [1.165, 1.54) is 0 Å². The van der Waals surface area contributed by atoms with E-state index < -0.39 is 0 Å². The third kappa shape index (κ3) is 4.33. The van der Waals surface area contributed by atoms with Gasteiger partial charge in [0.25, 0.3) is 0 Å². The highest BCUT2D eigenvalue weighted by Crippen LogP contribution is 2.27. The zero-order valence-corrected chi connectivity index (χ0v) is 11.7. The summed E-state index contributed by atoms with van der Waals surface area (Å²) in [5, 5.41) is 0. The maximum Gasteiger partial charge on any atom is 0.325 e. The number of carbonyl (C=O) groups excluding carboxylic acids is 2. The Morgan fingerprint density at radius 3 is 2.65 bits per heavy atom. The average Bonchev–Trinajstić information content (AvgIpc) is 3.28. The van der Waals surface area contributed by atoms with Gasteiger partial charge in [0, 0.05) is 24.9 Å². The molecule has 5 nitrogen and oxygen atoms in total. The van der Waals surface area contributed by atoms with E-state index in [0.29, 0.717) is 19.4 Å². The second-order valence-electron chi connectivity index (χ2n) is 4.91. The molecule has 108 valence electrons. The van der Waals surface area contributed by atoms with Crippen molar-refractivity contribution in [3.05, 3.63) is 30.1 Å². The molecule has 0 bridgehead atoms. The van der Waals surface area contributed by atoms with Crippen molar-refractivity contribution in [2.45, 2.75) is 38.6 Å². The normalized spacial score (nSPS) is 13.8. The van der Waals surface area contributed by atoms with E-state index in [-0.39, 0.29) is 24.5 Å². The maximum atomic E-state index is 12.2. The van der Waals surface area contributed by atoms with E-state index in [0.717, 1.165) is 18.4 Å². The van der Waals surface area contributed by atoms with Crippen LogP contribution in [0.4, 0.5) is 0 Å². The molecule has 1 aromatic heterocycles. The number of aromatic nitrogens is 1. The van der Waals surface area contributed by atoms with E-state index >= 15 is 0 Å². The number of carbonyl (C=O) groups is 2. The van der Waals surface area contributed by atoms with Crippen molar-refractivity contribution in [3.8, 4) is 0 Å². The van der Waals surface area contributed by atoms with E-state index in [9.17, 15) is 9.59 Å². The average molecular weight is 276 g/mol. The summed E-state index contributed by atoms with van der Waals surface area (Å²) in [7, 11) is 0. The molecule has 1 amide bonds. The van der Waals surface area contributed by atoms with Crippen molar-refractivity contribution >= 4 is 11.9 Å². The number of hydrogen-bond donors (Lipinski definition) is 0. The van der Waals surface area contributed by atoms with E-state index in [1.807, 2.05) is 12.1 Å². The lowest BCUT2D eigenvalue weighted by atomic mass is 10.1. The molecule has 2 rings (SSSR count). The van der Waals surface area contributed by atoms with Crippen molar-refractivity contribution in [1.82, 2.24) is 9.88 Å². The first-order chi connectivity index (χ1) is 9.70. The topological polar surface area (TPSA) is 59.5 Å². The first kappa shape index (κ1) is 14.5. The highest BCUT2D eigenvalue weighted by atomic mass is 16.5. The number of aryl methyl sites for hydroxylation is 1. The summed E-state index contributed by atoms with van der Waals surface area (Å²) in [6.45, 7) is 2.20. The number of pyridine rings is 1. The SMILES string of the molecule is CCOC(=O)CN(C(=O)CCc1ccncc1)C1CC1. The van der Waals surface area contributed by atoms with Gasteiger partial charge >= 0.3 is 5.97 Å². The molecule has 0 aliphatic heterocycles. The van der Waals surface area contributed by atoms with Crippen LogP contribution >= 0.6 is 0 Å². The summed E-state index contributed by atoms with van der Waals surface area (Å²) < 4.78 is 4.92. The van der Waals surface area contributed by atoms with Crippen LogP contribution < -0.4 is 0 Å². The molecule has 1 saturated carbocycles. The molecule has 0 radical (unpaired) electrons. The molecule has 5 heteroatoms. The monoisotopic (exact) mass is 276 g/mol. The molecule has 0 unspecified atom stereocenters. The minimum Gasteiger partial charge on any atom is -0.465 e. The molecule has 0 saturated heterocycles. The molecule has 1 heterocycles. The van der Waals surface area contributed by atoms with Crippen molar-refractivity contribution in [1.29, 1.82) is 0 Å². The van der Waals surface area contributed by atoms with Crippen molar-refractivity contribution in [2.75, 3.05) is 13.2 Å². The van der Waals surface area contributed by atoms with E-state index in [4.69, 9.17) is 4.74 Å². The second kappa shape index (κ2) is 7.03. The van der Waals surface area contributed by atoms with Gasteiger partial charge in [-0.15, -0.1) is 0 Å². The molecular formula is C15H20N2O3. The highest BCUT2D eigenvalue weighted by molar-refractivity contribution is 5.82. The zero-order chi connectivity index (χ0) is 14.4. The number of ether oxygens (including phenoxy) is 1. The quantitative estimate of drug-likeness (QED) is 0.709. The fourth-order valence-electron chi connectivity index (χ4n) is 2.10. The van der Waals surface area contributed by atoms with Crippen molar-refractivity contribution in [3.63, 3.8) is 0 Å². The Balaban J connectivity index is 1.85. The number of nitrogens with zero attached hydrogens (tertiary/aromatic N) is 2. The minimum absolute atomic E-state index is 0.0253.